The van der Waals surface area contributed by atoms with Gasteiger partial charge < -0.3 is 0 Å². The topological polar surface area (TPSA) is 47.8 Å². The molecule has 0 N–H and O–H groups in total. The molecule has 0 aliphatic carbocycles. The average molecular weight is 322 g/mol. The van der Waals surface area contributed by atoms with Crippen molar-refractivity contribution in [3.63, 3.8) is 0 Å². The third kappa shape index (κ3) is 9.52. The van der Waals surface area contributed by atoms with E-state index in [9.17, 15) is 4.79 Å². The van der Waals surface area contributed by atoms with Gasteiger partial charge in [-0.15, -0.1) is 5.10 Å². The fraction of sp³-hybridized carbons (Fsp3) is 0.842. The summed E-state index contributed by atoms with van der Waals surface area (Å²) in [5.74, 6) is 1.31. The largest absolute Gasteiger partial charge is 0.299 e. The third-order valence-corrected chi connectivity index (χ3v) is 4.27. The van der Waals surface area contributed by atoms with Crippen molar-refractivity contribution < 1.29 is 4.79 Å². The number of nitrogens with zero attached hydrogens (tertiary/aromatic N) is 3. The van der Waals surface area contributed by atoms with Gasteiger partial charge in [0.05, 0.1) is 5.69 Å². The molecule has 1 aromatic heterocycles. The Bertz CT molecular complexity index is 438. The monoisotopic (exact) mass is 321 g/mol. The Morgan fingerprint density at radius 1 is 1.04 bits per heavy atom. The summed E-state index contributed by atoms with van der Waals surface area (Å²) < 4.78 is 1.97. The Labute approximate surface area is 142 Å². The first-order valence-electron chi connectivity index (χ1n) is 9.40. The van der Waals surface area contributed by atoms with Crippen LogP contribution in [0, 0.1) is 11.8 Å². The van der Waals surface area contributed by atoms with Crippen molar-refractivity contribution in [2.75, 3.05) is 0 Å². The van der Waals surface area contributed by atoms with Crippen LogP contribution in [0.1, 0.15) is 84.8 Å². The predicted octanol–water partition coefficient (Wildman–Crippen LogP) is 4.82. The van der Waals surface area contributed by atoms with Crippen LogP contribution in [0.5, 0.6) is 0 Å². The molecule has 0 bridgehead atoms. The van der Waals surface area contributed by atoms with Gasteiger partial charge in [0.25, 0.3) is 0 Å². The van der Waals surface area contributed by atoms with Gasteiger partial charge in [-0.3, -0.25) is 9.48 Å². The zero-order chi connectivity index (χ0) is 17.1. The number of hydrogen-bond acceptors (Lipinski definition) is 3. The number of carbonyl (C=O) groups excluding carboxylic acids is 1. The molecule has 0 amide bonds. The minimum Gasteiger partial charge on any atom is -0.299 e. The highest BCUT2D eigenvalue weighted by molar-refractivity contribution is 5.80. The molecule has 0 fully saturated rings. The zero-order valence-corrected chi connectivity index (χ0v) is 15.6. The molecule has 0 saturated carbocycles. The Balaban J connectivity index is 2.00. The standard InChI is InChI=1S/C19H35N3O/c1-16(2)13-14-22-15-18(20-21-22)11-9-7-5-6-8-10-12-19(23)17(3)4/h15-17H,5-14H2,1-4H3. The van der Waals surface area contributed by atoms with E-state index in [1.165, 1.54) is 32.1 Å². The summed E-state index contributed by atoms with van der Waals surface area (Å²) in [7, 11) is 0. The van der Waals surface area contributed by atoms with Crippen molar-refractivity contribution in [3.05, 3.63) is 11.9 Å². The molecule has 0 aromatic carbocycles. The molecular formula is C19H35N3O. The molecule has 23 heavy (non-hydrogen) atoms. The van der Waals surface area contributed by atoms with Gasteiger partial charge in [0.2, 0.25) is 0 Å². The van der Waals surface area contributed by atoms with Gasteiger partial charge in [-0.1, -0.05) is 58.6 Å². The van der Waals surface area contributed by atoms with Gasteiger partial charge in [-0.25, -0.2) is 0 Å². The van der Waals surface area contributed by atoms with E-state index in [1.807, 2.05) is 18.5 Å². The van der Waals surface area contributed by atoms with Crippen molar-refractivity contribution in [1.82, 2.24) is 15.0 Å². The smallest absolute Gasteiger partial charge is 0.135 e. The van der Waals surface area contributed by atoms with Gasteiger partial charge in [-0.2, -0.15) is 0 Å². The van der Waals surface area contributed by atoms with Crippen LogP contribution in [0.3, 0.4) is 0 Å². The van der Waals surface area contributed by atoms with Gasteiger partial charge in [0.15, 0.2) is 0 Å². The molecule has 0 unspecified atom stereocenters. The summed E-state index contributed by atoms with van der Waals surface area (Å²) in [6.45, 7) is 9.41. The van der Waals surface area contributed by atoms with Crippen LogP contribution < -0.4 is 0 Å². The van der Waals surface area contributed by atoms with E-state index in [1.54, 1.807) is 0 Å². The minimum atomic E-state index is 0.198. The summed E-state index contributed by atoms with van der Waals surface area (Å²) in [5.41, 5.74) is 1.12. The number of carbonyl (C=O) groups is 1. The molecule has 4 nitrogen and oxygen atoms in total. The Hall–Kier alpha value is -1.19. The second kappa shape index (κ2) is 11.4. The molecule has 4 heteroatoms. The summed E-state index contributed by atoms with van der Waals surface area (Å²) >= 11 is 0. The SMILES string of the molecule is CC(C)CCn1cc(CCCCCCCCC(=O)C(C)C)nn1. The average Bonchev–Trinajstić information content (AvgIpc) is 2.95. The number of aryl methyl sites for hydroxylation is 2. The summed E-state index contributed by atoms with van der Waals surface area (Å²) in [6.07, 6.45) is 12.2. The normalized spacial score (nSPS) is 11.6. The van der Waals surface area contributed by atoms with Crippen LogP contribution in [0.15, 0.2) is 6.20 Å². The second-order valence-corrected chi connectivity index (χ2v) is 7.40. The maximum atomic E-state index is 11.5. The molecule has 0 saturated heterocycles. The number of unbranched alkanes of at least 4 members (excludes halogenated alkanes) is 5. The van der Waals surface area contributed by atoms with Crippen LogP contribution in [0.25, 0.3) is 0 Å². The highest BCUT2D eigenvalue weighted by Gasteiger charge is 2.06. The first-order chi connectivity index (χ1) is 11.0. The zero-order valence-electron chi connectivity index (χ0n) is 15.6. The number of ketones is 1. The highest BCUT2D eigenvalue weighted by atomic mass is 16.1. The maximum Gasteiger partial charge on any atom is 0.135 e. The van der Waals surface area contributed by atoms with E-state index >= 15 is 0 Å². The number of rotatable bonds is 13. The minimum absolute atomic E-state index is 0.198. The number of hydrogen-bond donors (Lipinski definition) is 0. The molecule has 0 atom stereocenters. The lowest BCUT2D eigenvalue weighted by Crippen LogP contribution is -2.05. The Morgan fingerprint density at radius 2 is 1.70 bits per heavy atom. The lowest BCUT2D eigenvalue weighted by atomic mass is 10.0. The third-order valence-electron chi connectivity index (χ3n) is 4.27. The number of Topliss-reactive ketones (excluding diaryl/α,β-unsaturated/α-hetero) is 1. The maximum absolute atomic E-state index is 11.5. The molecule has 0 spiro atoms. The highest BCUT2D eigenvalue weighted by Crippen LogP contribution is 2.11. The molecule has 1 aromatic rings. The molecule has 0 radical (unpaired) electrons. The summed E-state index contributed by atoms with van der Waals surface area (Å²) in [5, 5.41) is 8.45. The molecule has 132 valence electrons. The second-order valence-electron chi connectivity index (χ2n) is 7.40. The van der Waals surface area contributed by atoms with E-state index in [-0.39, 0.29) is 5.92 Å². The van der Waals surface area contributed by atoms with Crippen LogP contribution in [-0.2, 0) is 17.8 Å². The van der Waals surface area contributed by atoms with E-state index in [0.29, 0.717) is 11.7 Å². The Morgan fingerprint density at radius 3 is 2.35 bits per heavy atom. The summed E-state index contributed by atoms with van der Waals surface area (Å²) in [6, 6.07) is 0. The van der Waals surface area contributed by atoms with E-state index in [2.05, 4.69) is 30.4 Å². The van der Waals surface area contributed by atoms with Crippen LogP contribution in [0.2, 0.25) is 0 Å². The first kappa shape index (κ1) is 19.9. The molecule has 0 aliphatic heterocycles. The fourth-order valence-electron chi connectivity index (χ4n) is 2.55. The Kier molecular flexibility index (Phi) is 9.81. The van der Waals surface area contributed by atoms with E-state index in [4.69, 9.17) is 0 Å². The lowest BCUT2D eigenvalue weighted by molar-refractivity contribution is -0.122. The van der Waals surface area contributed by atoms with Crippen LogP contribution >= 0.6 is 0 Å². The van der Waals surface area contributed by atoms with Crippen molar-refractivity contribution in [3.8, 4) is 0 Å². The molecule has 1 heterocycles. The molecule has 0 aliphatic rings. The van der Waals surface area contributed by atoms with Gasteiger partial charge >= 0.3 is 0 Å². The summed E-state index contributed by atoms with van der Waals surface area (Å²) in [4.78, 5) is 11.5. The van der Waals surface area contributed by atoms with Gasteiger partial charge in [0.1, 0.15) is 5.78 Å². The van der Waals surface area contributed by atoms with Crippen LogP contribution in [0.4, 0.5) is 0 Å². The van der Waals surface area contributed by atoms with Crippen molar-refractivity contribution in [2.24, 2.45) is 11.8 Å². The van der Waals surface area contributed by atoms with Gasteiger partial charge in [0, 0.05) is 25.1 Å². The quantitative estimate of drug-likeness (QED) is 0.489. The van der Waals surface area contributed by atoms with Crippen molar-refractivity contribution in [1.29, 1.82) is 0 Å². The van der Waals surface area contributed by atoms with E-state index < -0.39 is 0 Å². The van der Waals surface area contributed by atoms with Crippen molar-refractivity contribution >= 4 is 5.78 Å². The fourth-order valence-corrected chi connectivity index (χ4v) is 2.55. The predicted molar refractivity (Wildman–Crippen MR) is 95.3 cm³/mol. The molecular weight excluding hydrogens is 286 g/mol. The number of aromatic nitrogens is 3. The van der Waals surface area contributed by atoms with Crippen LogP contribution in [-0.4, -0.2) is 20.8 Å². The first-order valence-corrected chi connectivity index (χ1v) is 9.40. The lowest BCUT2D eigenvalue weighted by Gasteiger charge is -2.04. The van der Waals surface area contributed by atoms with E-state index in [0.717, 1.165) is 37.9 Å². The van der Waals surface area contributed by atoms with Gasteiger partial charge in [-0.05, 0) is 31.6 Å². The van der Waals surface area contributed by atoms with Crippen molar-refractivity contribution in [2.45, 2.75) is 92.0 Å². The molecule has 1 rings (SSSR count).